The summed E-state index contributed by atoms with van der Waals surface area (Å²) in [7, 11) is 0. The Morgan fingerprint density at radius 3 is 1.60 bits per heavy atom. The predicted molar refractivity (Wildman–Crippen MR) is 170 cm³/mol. The van der Waals surface area contributed by atoms with Crippen LogP contribution in [0.1, 0.15) is 27.6 Å². The number of carbonyl (C=O) groups is 1. The van der Waals surface area contributed by atoms with E-state index in [0.29, 0.717) is 28.6 Å². The van der Waals surface area contributed by atoms with Crippen LogP contribution in [0.25, 0.3) is 0 Å². The van der Waals surface area contributed by atoms with Crippen LogP contribution >= 0.6 is 0 Å². The largest absolute Gasteiger partial charge is 0.491 e. The average molecular weight is 603 g/mol. The monoisotopic (exact) mass is 602 g/mol. The van der Waals surface area contributed by atoms with Crippen molar-refractivity contribution < 1.29 is 33.6 Å². The standard InChI is InChI=1S/C38H34O7/c1-26-22-27(24-28(23-26)38(39)40)34-36(43-31-18-10-4-11-19-31)37(44-32-20-12-5-13-21-32)35(42-30-16-8-3-9-17-30)33(45-34)25-41-29-14-6-2-7-15-29/h2-24,33-37H,25H2,1H3,(H,39,40)/t33-,34-,35-,36-,37+/m1/s1. The zero-order valence-electron chi connectivity index (χ0n) is 24.8. The molecule has 228 valence electrons. The number of rotatable bonds is 11. The van der Waals surface area contributed by atoms with Gasteiger partial charge in [0.05, 0.1) is 5.56 Å². The Hall–Kier alpha value is -5.27. The van der Waals surface area contributed by atoms with Gasteiger partial charge in [0, 0.05) is 0 Å². The van der Waals surface area contributed by atoms with Crippen LogP contribution in [0.4, 0.5) is 0 Å². The molecule has 0 aromatic heterocycles. The van der Waals surface area contributed by atoms with Gasteiger partial charge in [-0.2, -0.15) is 0 Å². The van der Waals surface area contributed by atoms with Crippen LogP contribution in [0.15, 0.2) is 140 Å². The maximum absolute atomic E-state index is 12.1. The quantitative estimate of drug-likeness (QED) is 0.167. The van der Waals surface area contributed by atoms with Crippen molar-refractivity contribution in [2.45, 2.75) is 37.4 Å². The molecule has 0 amide bonds. The highest BCUT2D eigenvalue weighted by atomic mass is 16.6. The lowest BCUT2D eigenvalue weighted by Gasteiger charge is -2.46. The molecule has 5 atom stereocenters. The molecule has 1 fully saturated rings. The Labute approximate surface area is 262 Å². The summed E-state index contributed by atoms with van der Waals surface area (Å²) in [4.78, 5) is 12.1. The number of benzene rings is 5. The summed E-state index contributed by atoms with van der Waals surface area (Å²) in [5, 5.41) is 9.91. The summed E-state index contributed by atoms with van der Waals surface area (Å²) in [6.07, 6.45) is -3.54. The van der Waals surface area contributed by atoms with Crippen LogP contribution in [0.2, 0.25) is 0 Å². The molecule has 7 nitrogen and oxygen atoms in total. The van der Waals surface area contributed by atoms with E-state index in [0.717, 1.165) is 5.56 Å². The van der Waals surface area contributed by atoms with Crippen LogP contribution in [0.5, 0.6) is 23.0 Å². The normalized spacial score (nSPS) is 21.0. The second-order valence-corrected chi connectivity index (χ2v) is 10.8. The summed E-state index contributed by atoms with van der Waals surface area (Å²) < 4.78 is 33.3. The Morgan fingerprint density at radius 2 is 1.09 bits per heavy atom. The first kappa shape index (κ1) is 29.8. The molecule has 1 aliphatic rings. The maximum atomic E-state index is 12.1. The van der Waals surface area contributed by atoms with E-state index in [4.69, 9.17) is 23.7 Å². The Balaban J connectivity index is 1.47. The number of hydrogen-bond acceptors (Lipinski definition) is 6. The third-order valence-electron chi connectivity index (χ3n) is 7.51. The summed E-state index contributed by atoms with van der Waals surface area (Å²) >= 11 is 0. The van der Waals surface area contributed by atoms with Gasteiger partial charge in [-0.25, -0.2) is 4.79 Å². The first-order valence-corrected chi connectivity index (χ1v) is 14.9. The van der Waals surface area contributed by atoms with Gasteiger partial charge in [0.25, 0.3) is 0 Å². The predicted octanol–water partition coefficient (Wildman–Crippen LogP) is 7.55. The molecule has 7 heteroatoms. The molecular formula is C38H34O7. The Bertz CT molecular complexity index is 1660. The first-order valence-electron chi connectivity index (χ1n) is 14.9. The van der Waals surface area contributed by atoms with Crippen molar-refractivity contribution in [2.24, 2.45) is 0 Å². The van der Waals surface area contributed by atoms with Crippen LogP contribution in [-0.2, 0) is 4.74 Å². The molecule has 45 heavy (non-hydrogen) atoms. The number of hydrogen-bond donors (Lipinski definition) is 1. The molecule has 0 bridgehead atoms. The number of aryl methyl sites for hydroxylation is 1. The van der Waals surface area contributed by atoms with Crippen molar-refractivity contribution in [3.05, 3.63) is 156 Å². The van der Waals surface area contributed by atoms with Gasteiger partial charge in [0.1, 0.15) is 41.8 Å². The number of carboxylic acids is 1. The molecule has 5 aromatic carbocycles. The molecule has 0 spiro atoms. The van der Waals surface area contributed by atoms with Gasteiger partial charge in [-0.3, -0.25) is 0 Å². The second kappa shape index (κ2) is 14.0. The van der Waals surface area contributed by atoms with Gasteiger partial charge in [-0.1, -0.05) is 78.9 Å². The zero-order chi connectivity index (χ0) is 31.0. The minimum Gasteiger partial charge on any atom is -0.491 e. The fourth-order valence-electron chi connectivity index (χ4n) is 5.49. The highest BCUT2D eigenvalue weighted by molar-refractivity contribution is 5.88. The average Bonchev–Trinajstić information content (AvgIpc) is 3.07. The van der Waals surface area contributed by atoms with Crippen molar-refractivity contribution in [3.63, 3.8) is 0 Å². The van der Waals surface area contributed by atoms with Gasteiger partial charge in [0.2, 0.25) is 0 Å². The molecule has 6 rings (SSSR count). The number of para-hydroxylation sites is 4. The first-order chi connectivity index (χ1) is 22.0. The van der Waals surface area contributed by atoms with Gasteiger partial charge >= 0.3 is 5.97 Å². The van der Waals surface area contributed by atoms with Crippen molar-refractivity contribution in [3.8, 4) is 23.0 Å². The SMILES string of the molecule is Cc1cc(C(=O)O)cc([C@H]2O[C@H](COc3ccccc3)[C@@H](Oc3ccccc3)[C@H](Oc3ccccc3)[C@@H]2Oc2ccccc2)c1. The van der Waals surface area contributed by atoms with Crippen LogP contribution in [0, 0.1) is 6.92 Å². The smallest absolute Gasteiger partial charge is 0.335 e. The lowest BCUT2D eigenvalue weighted by Crippen LogP contribution is -2.62. The number of ether oxygens (including phenoxy) is 5. The third kappa shape index (κ3) is 7.45. The van der Waals surface area contributed by atoms with Crippen LogP contribution in [0.3, 0.4) is 0 Å². The molecule has 1 heterocycles. The fourth-order valence-corrected chi connectivity index (χ4v) is 5.49. The summed E-state index contributed by atoms with van der Waals surface area (Å²) in [6, 6.07) is 43.1. The summed E-state index contributed by atoms with van der Waals surface area (Å²) in [5.41, 5.74) is 1.59. The minimum atomic E-state index is -1.03. The number of aromatic carboxylic acids is 1. The van der Waals surface area contributed by atoms with Gasteiger partial charge in [-0.15, -0.1) is 0 Å². The van der Waals surface area contributed by atoms with E-state index in [-0.39, 0.29) is 12.2 Å². The summed E-state index contributed by atoms with van der Waals surface area (Å²) in [5.74, 6) is 1.54. The molecule has 0 unspecified atom stereocenters. The van der Waals surface area contributed by atoms with E-state index in [9.17, 15) is 9.90 Å². The second-order valence-electron chi connectivity index (χ2n) is 10.8. The van der Waals surface area contributed by atoms with Gasteiger partial charge in [0.15, 0.2) is 18.3 Å². The molecule has 0 radical (unpaired) electrons. The van der Waals surface area contributed by atoms with Crippen molar-refractivity contribution in [1.82, 2.24) is 0 Å². The van der Waals surface area contributed by atoms with Crippen LogP contribution < -0.4 is 18.9 Å². The maximum Gasteiger partial charge on any atom is 0.335 e. The lowest BCUT2D eigenvalue weighted by atomic mass is 9.89. The third-order valence-corrected chi connectivity index (χ3v) is 7.51. The van der Waals surface area contributed by atoms with Crippen molar-refractivity contribution in [2.75, 3.05) is 6.61 Å². The topological polar surface area (TPSA) is 83.5 Å². The van der Waals surface area contributed by atoms with Crippen molar-refractivity contribution >= 4 is 5.97 Å². The molecular weight excluding hydrogens is 568 g/mol. The van der Waals surface area contributed by atoms with Crippen molar-refractivity contribution in [1.29, 1.82) is 0 Å². The van der Waals surface area contributed by atoms with E-state index in [1.807, 2.05) is 134 Å². The fraction of sp³-hybridized carbons (Fsp3) is 0.184. The molecule has 1 N–H and O–H groups in total. The van der Waals surface area contributed by atoms with E-state index >= 15 is 0 Å². The molecule has 0 aliphatic carbocycles. The Morgan fingerprint density at radius 1 is 0.622 bits per heavy atom. The highest BCUT2D eigenvalue weighted by Gasteiger charge is 2.51. The van der Waals surface area contributed by atoms with Gasteiger partial charge in [-0.05, 0) is 78.7 Å². The van der Waals surface area contributed by atoms with Crippen LogP contribution in [-0.4, -0.2) is 42.1 Å². The molecule has 1 saturated heterocycles. The Kier molecular flexibility index (Phi) is 9.27. The zero-order valence-corrected chi connectivity index (χ0v) is 24.8. The van der Waals surface area contributed by atoms with E-state index in [1.165, 1.54) is 0 Å². The lowest BCUT2D eigenvalue weighted by molar-refractivity contribution is -0.210. The molecule has 0 saturated carbocycles. The number of carboxylic acid groups (broad SMARTS) is 1. The van der Waals surface area contributed by atoms with Gasteiger partial charge < -0.3 is 28.8 Å². The minimum absolute atomic E-state index is 0.141. The molecule has 5 aromatic rings. The summed E-state index contributed by atoms with van der Waals surface area (Å²) in [6.45, 7) is 2.00. The molecule has 1 aliphatic heterocycles. The highest BCUT2D eigenvalue weighted by Crippen LogP contribution is 2.39. The van der Waals surface area contributed by atoms with E-state index in [2.05, 4.69) is 0 Å². The van der Waals surface area contributed by atoms with E-state index < -0.39 is 36.5 Å². The van der Waals surface area contributed by atoms with E-state index in [1.54, 1.807) is 12.1 Å².